The van der Waals surface area contributed by atoms with E-state index >= 15 is 0 Å². The minimum atomic E-state index is -1.01. The lowest BCUT2D eigenvalue weighted by Crippen LogP contribution is -2.63. The van der Waals surface area contributed by atoms with Crippen molar-refractivity contribution in [2.24, 2.45) is 7.05 Å². The smallest absolute Gasteiger partial charge is 0.329 e. The van der Waals surface area contributed by atoms with Crippen LogP contribution in [-0.2, 0) is 21.4 Å². The van der Waals surface area contributed by atoms with Gasteiger partial charge in [-0.25, -0.2) is 4.79 Å². The lowest BCUT2D eigenvalue weighted by Gasteiger charge is -2.46. The Balaban J connectivity index is 1.81. The predicted molar refractivity (Wildman–Crippen MR) is 70.8 cm³/mol. The van der Waals surface area contributed by atoms with Crippen LogP contribution in [0.4, 0.5) is 0 Å². The first-order valence-corrected chi connectivity index (χ1v) is 6.19. The fraction of sp³-hybridized carbons (Fsp3) is 0.462. The average Bonchev–Trinajstić information content (AvgIpc) is 2.76. The molecule has 1 fully saturated rings. The molecule has 1 N–H and O–H groups in total. The molecule has 7 nitrogen and oxygen atoms in total. The number of aliphatic carboxylic acids is 1. The van der Waals surface area contributed by atoms with Gasteiger partial charge in [0.15, 0.2) is 0 Å². The number of ether oxygens (including phenoxy) is 1. The van der Waals surface area contributed by atoms with Crippen LogP contribution < -0.4 is 0 Å². The van der Waals surface area contributed by atoms with E-state index in [1.807, 2.05) is 0 Å². The van der Waals surface area contributed by atoms with Crippen LogP contribution in [0.25, 0.3) is 6.08 Å². The van der Waals surface area contributed by atoms with Crippen LogP contribution in [-0.4, -0.2) is 57.0 Å². The van der Waals surface area contributed by atoms with Gasteiger partial charge in [-0.05, 0) is 13.0 Å². The second-order valence-electron chi connectivity index (χ2n) is 5.11. The maximum Gasteiger partial charge on any atom is 0.329 e. The molecular formula is C13H17N3O4. The van der Waals surface area contributed by atoms with Gasteiger partial charge in [0.25, 0.3) is 0 Å². The molecule has 1 aliphatic rings. The van der Waals surface area contributed by atoms with Crippen molar-refractivity contribution < 1.29 is 19.4 Å². The molecule has 0 spiro atoms. The number of carboxylic acids is 1. The Labute approximate surface area is 116 Å². The number of amides is 1. The first-order chi connectivity index (χ1) is 9.38. The van der Waals surface area contributed by atoms with E-state index in [-0.39, 0.29) is 12.5 Å². The third-order valence-corrected chi connectivity index (χ3v) is 3.05. The number of carboxylic acid groups (broad SMARTS) is 1. The molecule has 7 heteroatoms. The van der Waals surface area contributed by atoms with E-state index in [1.54, 1.807) is 42.0 Å². The van der Waals surface area contributed by atoms with Gasteiger partial charge in [0.05, 0.1) is 19.3 Å². The third-order valence-electron chi connectivity index (χ3n) is 3.05. The molecule has 0 unspecified atom stereocenters. The van der Waals surface area contributed by atoms with E-state index in [9.17, 15) is 9.59 Å². The summed E-state index contributed by atoms with van der Waals surface area (Å²) >= 11 is 0. The first kappa shape index (κ1) is 14.3. The summed E-state index contributed by atoms with van der Waals surface area (Å²) < 4.78 is 6.90. The highest BCUT2D eigenvalue weighted by Gasteiger charge is 2.42. The van der Waals surface area contributed by atoms with E-state index in [0.29, 0.717) is 13.1 Å². The number of hydrogen-bond donors (Lipinski definition) is 1. The molecule has 20 heavy (non-hydrogen) atoms. The van der Waals surface area contributed by atoms with Crippen molar-refractivity contribution in [2.75, 3.05) is 19.7 Å². The van der Waals surface area contributed by atoms with Crippen LogP contribution in [0, 0.1) is 0 Å². The van der Waals surface area contributed by atoms with Crippen molar-refractivity contribution in [3.05, 3.63) is 24.0 Å². The van der Waals surface area contributed by atoms with Gasteiger partial charge in [0, 0.05) is 24.9 Å². The normalized spacial score (nSPS) is 17.2. The highest BCUT2D eigenvalue weighted by Crippen LogP contribution is 2.24. The largest absolute Gasteiger partial charge is 0.480 e. The number of hydrogen-bond acceptors (Lipinski definition) is 4. The fourth-order valence-electron chi connectivity index (χ4n) is 2.04. The first-order valence-electron chi connectivity index (χ1n) is 6.19. The molecule has 2 rings (SSSR count). The molecule has 0 bridgehead atoms. The monoisotopic (exact) mass is 279 g/mol. The molecule has 0 aromatic carbocycles. The van der Waals surface area contributed by atoms with E-state index in [2.05, 4.69) is 5.10 Å². The minimum Gasteiger partial charge on any atom is -0.480 e. The molecule has 0 radical (unpaired) electrons. The molecule has 1 aliphatic heterocycles. The van der Waals surface area contributed by atoms with Gasteiger partial charge in [-0.3, -0.25) is 9.48 Å². The predicted octanol–water partition coefficient (Wildman–Crippen LogP) is 0.135. The molecule has 2 heterocycles. The molecule has 0 atom stereocenters. The number of aryl methyl sites for hydroxylation is 1. The maximum absolute atomic E-state index is 11.9. The summed E-state index contributed by atoms with van der Waals surface area (Å²) in [4.78, 5) is 23.9. The molecule has 1 saturated heterocycles. The van der Waals surface area contributed by atoms with Crippen molar-refractivity contribution in [1.82, 2.24) is 14.7 Å². The standard InChI is InChI=1S/C13H17N3O4/c1-13(20-7-12(18)19)8-16(9-13)11(17)4-3-10-5-14-15(2)6-10/h3-6H,7-9H2,1-2H3,(H,18,19)/b4-3+. The van der Waals surface area contributed by atoms with E-state index in [4.69, 9.17) is 9.84 Å². The minimum absolute atomic E-state index is 0.120. The molecule has 0 aliphatic carbocycles. The van der Waals surface area contributed by atoms with Crippen LogP contribution in [0.2, 0.25) is 0 Å². The Morgan fingerprint density at radius 1 is 1.55 bits per heavy atom. The number of aromatic nitrogens is 2. The van der Waals surface area contributed by atoms with Gasteiger partial charge in [-0.1, -0.05) is 0 Å². The second kappa shape index (κ2) is 5.46. The maximum atomic E-state index is 11.9. The topological polar surface area (TPSA) is 84.7 Å². The van der Waals surface area contributed by atoms with Gasteiger partial charge < -0.3 is 14.7 Å². The third kappa shape index (κ3) is 3.45. The number of carbonyl (C=O) groups is 2. The summed E-state index contributed by atoms with van der Waals surface area (Å²) in [6.07, 6.45) is 6.65. The summed E-state index contributed by atoms with van der Waals surface area (Å²) in [7, 11) is 1.81. The summed E-state index contributed by atoms with van der Waals surface area (Å²) in [5, 5.41) is 12.6. The number of likely N-dealkylation sites (tertiary alicyclic amines) is 1. The van der Waals surface area contributed by atoms with Crippen LogP contribution >= 0.6 is 0 Å². The van der Waals surface area contributed by atoms with Crippen molar-refractivity contribution in [3.63, 3.8) is 0 Å². The van der Waals surface area contributed by atoms with Crippen molar-refractivity contribution >= 4 is 18.0 Å². The molecule has 0 saturated carbocycles. The SMILES string of the molecule is Cn1cc(/C=C/C(=O)N2CC(C)(OCC(=O)O)C2)cn1. The van der Waals surface area contributed by atoms with Crippen molar-refractivity contribution in [3.8, 4) is 0 Å². The molecule has 1 amide bonds. The van der Waals surface area contributed by atoms with E-state index in [0.717, 1.165) is 5.56 Å². The molecule has 1 aromatic heterocycles. The molecule has 108 valence electrons. The Kier molecular flexibility index (Phi) is 3.89. The van der Waals surface area contributed by atoms with Gasteiger partial charge in [0.2, 0.25) is 5.91 Å². The van der Waals surface area contributed by atoms with Gasteiger partial charge >= 0.3 is 5.97 Å². The Hall–Kier alpha value is -2.15. The average molecular weight is 279 g/mol. The zero-order valence-corrected chi connectivity index (χ0v) is 11.4. The zero-order valence-electron chi connectivity index (χ0n) is 11.4. The molecule has 1 aromatic rings. The summed E-state index contributed by atoms with van der Waals surface area (Å²) in [5.41, 5.74) is 0.294. The number of nitrogens with zero attached hydrogens (tertiary/aromatic N) is 3. The Morgan fingerprint density at radius 3 is 2.80 bits per heavy atom. The van der Waals surface area contributed by atoms with Crippen LogP contribution in [0.15, 0.2) is 18.5 Å². The van der Waals surface area contributed by atoms with Gasteiger partial charge in [-0.15, -0.1) is 0 Å². The lowest BCUT2D eigenvalue weighted by molar-refractivity contribution is -0.170. The summed E-state index contributed by atoms with van der Waals surface area (Å²) in [6.45, 7) is 2.25. The second-order valence-corrected chi connectivity index (χ2v) is 5.11. The van der Waals surface area contributed by atoms with Crippen LogP contribution in [0.3, 0.4) is 0 Å². The van der Waals surface area contributed by atoms with Crippen molar-refractivity contribution in [1.29, 1.82) is 0 Å². The lowest BCUT2D eigenvalue weighted by atomic mass is 9.96. The Bertz CT molecular complexity index is 544. The van der Waals surface area contributed by atoms with Crippen LogP contribution in [0.5, 0.6) is 0 Å². The number of rotatable bonds is 5. The highest BCUT2D eigenvalue weighted by molar-refractivity contribution is 5.92. The van der Waals surface area contributed by atoms with E-state index < -0.39 is 11.6 Å². The highest BCUT2D eigenvalue weighted by atomic mass is 16.5. The fourth-order valence-corrected chi connectivity index (χ4v) is 2.04. The van der Waals surface area contributed by atoms with Gasteiger partial charge in [-0.2, -0.15) is 5.10 Å². The van der Waals surface area contributed by atoms with Gasteiger partial charge in [0.1, 0.15) is 12.2 Å². The zero-order chi connectivity index (χ0) is 14.8. The summed E-state index contributed by atoms with van der Waals surface area (Å²) in [5.74, 6) is -1.13. The van der Waals surface area contributed by atoms with Crippen molar-refractivity contribution in [2.45, 2.75) is 12.5 Å². The quantitative estimate of drug-likeness (QED) is 0.775. The Morgan fingerprint density at radius 2 is 2.25 bits per heavy atom. The molecular weight excluding hydrogens is 262 g/mol. The summed E-state index contributed by atoms with van der Waals surface area (Å²) in [6, 6.07) is 0. The van der Waals surface area contributed by atoms with E-state index in [1.165, 1.54) is 6.08 Å². The number of carbonyl (C=O) groups excluding carboxylic acids is 1. The van der Waals surface area contributed by atoms with Crippen LogP contribution in [0.1, 0.15) is 12.5 Å².